The molecule has 7 heteroatoms. The summed E-state index contributed by atoms with van der Waals surface area (Å²) in [5, 5.41) is 4.45. The molecule has 1 aromatic carbocycles. The number of aryl methyl sites for hydroxylation is 1. The molecule has 0 N–H and O–H groups in total. The van der Waals surface area contributed by atoms with Gasteiger partial charge in [0.2, 0.25) is 0 Å². The first-order valence-corrected chi connectivity index (χ1v) is 11.7. The Morgan fingerprint density at radius 2 is 1.82 bits per heavy atom. The molecule has 0 fully saturated rings. The van der Waals surface area contributed by atoms with Crippen LogP contribution < -0.4 is 0 Å². The number of nitrogens with zero attached hydrogens (tertiary/aromatic N) is 5. The lowest BCUT2D eigenvalue weighted by atomic mass is 10.1. The van der Waals surface area contributed by atoms with Crippen molar-refractivity contribution < 1.29 is 9.53 Å². The number of ether oxygens (including phenoxy) is 1. The van der Waals surface area contributed by atoms with Crippen LogP contribution in [0.1, 0.15) is 39.8 Å². The number of carbonyl (C=O) groups excluding carboxylic acids is 1. The standard InChI is InChI=1S/C27H31N5O2/c1-5-31(26(33)34-27(2,3)4)16-9-12-22-15-17-32-25(30-22)23(19-29-32)21-13-14-24(28-18-21)20-10-7-6-8-11-20/h6-8,10-11,13-15,17-19H,5,9,12,16H2,1-4H3. The topological polar surface area (TPSA) is 72.6 Å². The van der Waals surface area contributed by atoms with Gasteiger partial charge in [-0.05, 0) is 52.7 Å². The quantitative estimate of drug-likeness (QED) is 0.359. The molecule has 0 spiro atoms. The molecule has 0 atom stereocenters. The van der Waals surface area contributed by atoms with E-state index in [1.165, 1.54) is 0 Å². The zero-order chi connectivity index (χ0) is 24.1. The van der Waals surface area contributed by atoms with Crippen molar-refractivity contribution in [3.63, 3.8) is 0 Å². The van der Waals surface area contributed by atoms with E-state index in [4.69, 9.17) is 9.72 Å². The summed E-state index contributed by atoms with van der Waals surface area (Å²) in [5.41, 5.74) is 5.19. The molecule has 7 nitrogen and oxygen atoms in total. The van der Waals surface area contributed by atoms with Crippen LogP contribution in [0.15, 0.2) is 67.1 Å². The highest BCUT2D eigenvalue weighted by Crippen LogP contribution is 2.25. The maximum absolute atomic E-state index is 12.4. The van der Waals surface area contributed by atoms with Gasteiger partial charge >= 0.3 is 6.09 Å². The first-order chi connectivity index (χ1) is 16.3. The molecule has 0 aliphatic heterocycles. The number of carbonyl (C=O) groups is 1. The van der Waals surface area contributed by atoms with E-state index >= 15 is 0 Å². The molecule has 4 aromatic rings. The van der Waals surface area contributed by atoms with Gasteiger partial charge in [-0.2, -0.15) is 5.10 Å². The lowest BCUT2D eigenvalue weighted by molar-refractivity contribution is 0.0258. The van der Waals surface area contributed by atoms with E-state index in [0.29, 0.717) is 13.1 Å². The second kappa shape index (κ2) is 10.0. The molecule has 0 unspecified atom stereocenters. The predicted octanol–water partition coefficient (Wildman–Crippen LogP) is 5.65. The summed E-state index contributed by atoms with van der Waals surface area (Å²) in [5.74, 6) is 0. The van der Waals surface area contributed by atoms with Gasteiger partial charge in [-0.3, -0.25) is 4.98 Å². The van der Waals surface area contributed by atoms with E-state index in [1.807, 2.05) is 88.8 Å². The second-order valence-electron chi connectivity index (χ2n) is 9.21. The number of amides is 1. The van der Waals surface area contributed by atoms with E-state index in [1.54, 1.807) is 9.42 Å². The highest BCUT2D eigenvalue weighted by Gasteiger charge is 2.20. The van der Waals surface area contributed by atoms with Gasteiger partial charge in [-0.1, -0.05) is 36.4 Å². The van der Waals surface area contributed by atoms with Gasteiger partial charge in [0.15, 0.2) is 5.65 Å². The Labute approximate surface area is 200 Å². The smallest absolute Gasteiger partial charge is 0.410 e. The lowest BCUT2D eigenvalue weighted by Crippen LogP contribution is -2.37. The zero-order valence-electron chi connectivity index (χ0n) is 20.2. The normalized spacial score (nSPS) is 11.5. The average Bonchev–Trinajstić information content (AvgIpc) is 3.24. The van der Waals surface area contributed by atoms with Crippen LogP contribution in [0.2, 0.25) is 0 Å². The number of hydrogen-bond donors (Lipinski definition) is 0. The highest BCUT2D eigenvalue weighted by molar-refractivity contribution is 5.77. The molecule has 0 saturated carbocycles. The predicted molar refractivity (Wildman–Crippen MR) is 133 cm³/mol. The number of benzene rings is 1. The Kier molecular flexibility index (Phi) is 6.91. The van der Waals surface area contributed by atoms with Crippen molar-refractivity contribution in [3.8, 4) is 22.4 Å². The molecule has 0 bridgehead atoms. The number of rotatable bonds is 7. The van der Waals surface area contributed by atoms with Crippen molar-refractivity contribution in [3.05, 3.63) is 72.8 Å². The maximum Gasteiger partial charge on any atom is 0.410 e. The Morgan fingerprint density at radius 1 is 1.03 bits per heavy atom. The Hall–Kier alpha value is -3.74. The average molecular weight is 458 g/mol. The SMILES string of the molecule is CCN(CCCc1ccn2ncc(-c3ccc(-c4ccccc4)nc3)c2n1)C(=O)OC(C)(C)C. The minimum Gasteiger partial charge on any atom is -0.444 e. The Bertz CT molecular complexity index is 1240. The van der Waals surface area contributed by atoms with Crippen molar-refractivity contribution in [1.82, 2.24) is 24.5 Å². The van der Waals surface area contributed by atoms with Gasteiger partial charge < -0.3 is 9.64 Å². The van der Waals surface area contributed by atoms with Crippen molar-refractivity contribution in [2.75, 3.05) is 13.1 Å². The fourth-order valence-electron chi connectivity index (χ4n) is 3.74. The summed E-state index contributed by atoms with van der Waals surface area (Å²) < 4.78 is 7.28. The van der Waals surface area contributed by atoms with Crippen molar-refractivity contribution in [2.24, 2.45) is 0 Å². The lowest BCUT2D eigenvalue weighted by Gasteiger charge is -2.26. The molecule has 1 amide bonds. The van der Waals surface area contributed by atoms with E-state index in [0.717, 1.165) is 46.6 Å². The second-order valence-corrected chi connectivity index (χ2v) is 9.21. The highest BCUT2D eigenvalue weighted by atomic mass is 16.6. The molecule has 34 heavy (non-hydrogen) atoms. The Balaban J connectivity index is 1.46. The van der Waals surface area contributed by atoms with Crippen LogP contribution in [0.4, 0.5) is 4.79 Å². The fourth-order valence-corrected chi connectivity index (χ4v) is 3.74. The zero-order valence-corrected chi connectivity index (χ0v) is 20.2. The third-order valence-corrected chi connectivity index (χ3v) is 5.47. The fraction of sp³-hybridized carbons (Fsp3) is 0.333. The molecular weight excluding hydrogens is 426 g/mol. The van der Waals surface area contributed by atoms with Gasteiger partial charge in [-0.15, -0.1) is 0 Å². The number of aromatic nitrogens is 4. The largest absolute Gasteiger partial charge is 0.444 e. The third-order valence-electron chi connectivity index (χ3n) is 5.47. The summed E-state index contributed by atoms with van der Waals surface area (Å²) in [7, 11) is 0. The Morgan fingerprint density at radius 3 is 2.50 bits per heavy atom. The number of pyridine rings is 1. The van der Waals surface area contributed by atoms with E-state index < -0.39 is 5.60 Å². The monoisotopic (exact) mass is 457 g/mol. The minimum absolute atomic E-state index is 0.275. The van der Waals surface area contributed by atoms with Gasteiger partial charge in [0.05, 0.1) is 11.9 Å². The summed E-state index contributed by atoms with van der Waals surface area (Å²) in [6.07, 6.45) is 6.90. The van der Waals surface area contributed by atoms with Gasteiger partial charge in [-0.25, -0.2) is 14.3 Å². The maximum atomic E-state index is 12.4. The van der Waals surface area contributed by atoms with Crippen molar-refractivity contribution in [1.29, 1.82) is 0 Å². The molecule has 0 aliphatic rings. The van der Waals surface area contributed by atoms with Crippen LogP contribution in [0, 0.1) is 0 Å². The first kappa shape index (κ1) is 23.4. The van der Waals surface area contributed by atoms with Crippen LogP contribution in [0.25, 0.3) is 28.0 Å². The summed E-state index contributed by atoms with van der Waals surface area (Å²) in [4.78, 5) is 23.6. The summed E-state index contributed by atoms with van der Waals surface area (Å²) in [6.45, 7) is 8.84. The van der Waals surface area contributed by atoms with Crippen molar-refractivity contribution >= 4 is 11.7 Å². The van der Waals surface area contributed by atoms with E-state index in [2.05, 4.69) is 16.1 Å². The number of fused-ring (bicyclic) bond motifs is 1. The third kappa shape index (κ3) is 5.60. The van der Waals surface area contributed by atoms with Crippen LogP contribution in [0.5, 0.6) is 0 Å². The van der Waals surface area contributed by atoms with Crippen LogP contribution >= 0.6 is 0 Å². The van der Waals surface area contributed by atoms with E-state index in [-0.39, 0.29) is 6.09 Å². The summed E-state index contributed by atoms with van der Waals surface area (Å²) in [6, 6.07) is 16.2. The molecule has 4 rings (SSSR count). The van der Waals surface area contributed by atoms with E-state index in [9.17, 15) is 4.79 Å². The van der Waals surface area contributed by atoms with Crippen LogP contribution in [-0.4, -0.2) is 49.3 Å². The van der Waals surface area contributed by atoms with Crippen molar-refractivity contribution in [2.45, 2.75) is 46.1 Å². The summed E-state index contributed by atoms with van der Waals surface area (Å²) >= 11 is 0. The molecule has 3 aromatic heterocycles. The molecule has 3 heterocycles. The van der Waals surface area contributed by atoms with Crippen LogP contribution in [-0.2, 0) is 11.2 Å². The van der Waals surface area contributed by atoms with Gasteiger partial charge in [0.25, 0.3) is 0 Å². The molecular formula is C27H31N5O2. The molecule has 176 valence electrons. The van der Waals surface area contributed by atoms with Gasteiger partial charge in [0.1, 0.15) is 5.60 Å². The molecule has 0 aliphatic carbocycles. The van der Waals surface area contributed by atoms with Crippen LogP contribution in [0.3, 0.4) is 0 Å². The first-order valence-electron chi connectivity index (χ1n) is 11.7. The minimum atomic E-state index is -0.496. The van der Waals surface area contributed by atoms with Gasteiger partial charge in [0, 0.05) is 47.9 Å². The molecule has 0 saturated heterocycles. The molecule has 0 radical (unpaired) electrons. The number of hydrogen-bond acceptors (Lipinski definition) is 5.